The third-order valence-electron chi connectivity index (χ3n) is 0.991. The molecule has 1 aliphatic heterocycles. The van der Waals surface area contributed by atoms with Crippen LogP contribution >= 0.6 is 24.0 Å². The zero-order chi connectivity index (χ0) is 5.98. The molecular formula is C4H11IN4. The Kier molecular flexibility index (Phi) is 3.87. The molecular weight excluding hydrogens is 231 g/mol. The topological polar surface area (TPSA) is 53.6 Å². The first kappa shape index (κ1) is 8.96. The van der Waals surface area contributed by atoms with Crippen molar-refractivity contribution >= 4 is 29.9 Å². The van der Waals surface area contributed by atoms with Gasteiger partial charge >= 0.3 is 0 Å². The normalized spacial score (nSPS) is 15.6. The maximum absolute atomic E-state index is 5.34. The number of hydrogen-bond acceptors (Lipinski definition) is 4. The smallest absolute Gasteiger partial charge is 0.208 e. The number of guanidine groups is 1. The van der Waals surface area contributed by atoms with Crippen LogP contribution in [-0.4, -0.2) is 31.1 Å². The maximum atomic E-state index is 5.34. The number of rotatable bonds is 0. The van der Waals surface area contributed by atoms with Gasteiger partial charge in [0.15, 0.2) is 0 Å². The standard InChI is InChI=1S/C4H10N4.HI/c1-8(5)4-6-2-3-7-4;/h2-3,5H2,1H3,(H,6,7);1H. The van der Waals surface area contributed by atoms with Crippen LogP contribution in [0.5, 0.6) is 0 Å². The monoisotopic (exact) mass is 242 g/mol. The molecule has 0 bridgehead atoms. The average Bonchev–Trinajstić information content (AvgIpc) is 2.12. The first-order chi connectivity index (χ1) is 3.80. The van der Waals surface area contributed by atoms with Crippen LogP contribution in [0.15, 0.2) is 4.99 Å². The van der Waals surface area contributed by atoms with Crippen molar-refractivity contribution in [2.24, 2.45) is 10.8 Å². The van der Waals surface area contributed by atoms with Gasteiger partial charge in [0.25, 0.3) is 0 Å². The lowest BCUT2D eigenvalue weighted by Gasteiger charge is -2.10. The minimum absolute atomic E-state index is 0. The van der Waals surface area contributed by atoms with Gasteiger partial charge in [-0.1, -0.05) is 0 Å². The third-order valence-corrected chi connectivity index (χ3v) is 0.991. The van der Waals surface area contributed by atoms with Crippen LogP contribution in [0.1, 0.15) is 0 Å². The quantitative estimate of drug-likeness (QED) is 0.338. The summed E-state index contributed by atoms with van der Waals surface area (Å²) in [7, 11) is 1.76. The van der Waals surface area contributed by atoms with E-state index in [0.717, 1.165) is 19.0 Å². The molecule has 54 valence electrons. The summed E-state index contributed by atoms with van der Waals surface area (Å²) in [6.45, 7) is 1.76. The van der Waals surface area contributed by atoms with Crippen molar-refractivity contribution < 1.29 is 0 Å². The molecule has 9 heavy (non-hydrogen) atoms. The summed E-state index contributed by atoms with van der Waals surface area (Å²) in [5.41, 5.74) is 0. The Labute approximate surface area is 71.5 Å². The second-order valence-corrected chi connectivity index (χ2v) is 1.74. The van der Waals surface area contributed by atoms with Gasteiger partial charge in [-0.2, -0.15) is 0 Å². The Morgan fingerprint density at radius 2 is 2.44 bits per heavy atom. The lowest BCUT2D eigenvalue weighted by Crippen LogP contribution is -2.40. The van der Waals surface area contributed by atoms with E-state index in [2.05, 4.69) is 10.3 Å². The van der Waals surface area contributed by atoms with Crippen molar-refractivity contribution in [3.05, 3.63) is 0 Å². The first-order valence-electron chi connectivity index (χ1n) is 2.57. The molecule has 0 radical (unpaired) electrons. The van der Waals surface area contributed by atoms with Gasteiger partial charge < -0.3 is 5.32 Å². The molecule has 0 aliphatic carbocycles. The van der Waals surface area contributed by atoms with Crippen molar-refractivity contribution in [2.45, 2.75) is 0 Å². The van der Waals surface area contributed by atoms with Gasteiger partial charge in [-0.25, -0.2) is 5.84 Å². The Morgan fingerprint density at radius 1 is 1.78 bits per heavy atom. The number of nitrogens with zero attached hydrogens (tertiary/aromatic N) is 2. The van der Waals surface area contributed by atoms with E-state index in [4.69, 9.17) is 5.84 Å². The summed E-state index contributed by atoms with van der Waals surface area (Å²) >= 11 is 0. The van der Waals surface area contributed by atoms with Crippen molar-refractivity contribution in [3.63, 3.8) is 0 Å². The molecule has 0 unspecified atom stereocenters. The average molecular weight is 242 g/mol. The second kappa shape index (κ2) is 3.89. The number of nitrogens with one attached hydrogen (secondary N) is 1. The molecule has 3 N–H and O–H groups in total. The number of hydrazine groups is 1. The summed E-state index contributed by atoms with van der Waals surface area (Å²) in [5.74, 6) is 6.12. The molecule has 1 aliphatic rings. The van der Waals surface area contributed by atoms with E-state index < -0.39 is 0 Å². The highest BCUT2D eigenvalue weighted by Crippen LogP contribution is 1.83. The predicted octanol–water partition coefficient (Wildman–Crippen LogP) is -0.631. The van der Waals surface area contributed by atoms with E-state index in [9.17, 15) is 0 Å². The van der Waals surface area contributed by atoms with E-state index in [-0.39, 0.29) is 24.0 Å². The molecule has 0 spiro atoms. The van der Waals surface area contributed by atoms with Crippen LogP contribution in [0.25, 0.3) is 0 Å². The van der Waals surface area contributed by atoms with Gasteiger partial charge in [0.05, 0.1) is 6.54 Å². The van der Waals surface area contributed by atoms with E-state index in [1.165, 1.54) is 5.01 Å². The predicted molar refractivity (Wildman–Crippen MR) is 47.7 cm³/mol. The number of halogens is 1. The molecule has 0 amide bonds. The third kappa shape index (κ3) is 2.35. The van der Waals surface area contributed by atoms with E-state index in [0.29, 0.717) is 0 Å². The van der Waals surface area contributed by atoms with Gasteiger partial charge in [0, 0.05) is 13.6 Å². The van der Waals surface area contributed by atoms with Crippen LogP contribution in [-0.2, 0) is 0 Å². The largest absolute Gasteiger partial charge is 0.353 e. The van der Waals surface area contributed by atoms with Gasteiger partial charge in [-0.05, 0) is 0 Å². The minimum Gasteiger partial charge on any atom is -0.353 e. The SMILES string of the molecule is CN(N)C1=NCCN1.I. The molecule has 0 saturated heterocycles. The molecule has 0 aromatic carbocycles. The Bertz CT molecular complexity index is 111. The maximum Gasteiger partial charge on any atom is 0.208 e. The molecule has 4 nitrogen and oxygen atoms in total. The van der Waals surface area contributed by atoms with Crippen molar-refractivity contribution in [2.75, 3.05) is 20.1 Å². The molecule has 0 fully saturated rings. The summed E-state index contributed by atoms with van der Waals surface area (Å²) in [6.07, 6.45) is 0. The molecule has 1 heterocycles. The molecule has 0 saturated carbocycles. The molecule has 1 rings (SSSR count). The lowest BCUT2D eigenvalue weighted by atomic mass is 10.7. The lowest BCUT2D eigenvalue weighted by molar-refractivity contribution is 0.522. The van der Waals surface area contributed by atoms with Crippen LogP contribution < -0.4 is 11.2 Å². The van der Waals surface area contributed by atoms with Crippen LogP contribution in [0.2, 0.25) is 0 Å². The van der Waals surface area contributed by atoms with Crippen LogP contribution in [0, 0.1) is 0 Å². The fraction of sp³-hybridized carbons (Fsp3) is 0.750. The van der Waals surface area contributed by atoms with Gasteiger partial charge in [-0.15, -0.1) is 24.0 Å². The number of hydrogen-bond donors (Lipinski definition) is 2. The second-order valence-electron chi connectivity index (χ2n) is 1.74. The van der Waals surface area contributed by atoms with Crippen molar-refractivity contribution in [1.29, 1.82) is 0 Å². The highest BCUT2D eigenvalue weighted by atomic mass is 127. The molecule has 0 atom stereocenters. The highest BCUT2D eigenvalue weighted by Gasteiger charge is 2.04. The Balaban J connectivity index is 0.000000640. The van der Waals surface area contributed by atoms with E-state index in [1.54, 1.807) is 7.05 Å². The fourth-order valence-corrected chi connectivity index (χ4v) is 0.622. The van der Waals surface area contributed by atoms with E-state index >= 15 is 0 Å². The van der Waals surface area contributed by atoms with Gasteiger partial charge in [0.1, 0.15) is 0 Å². The van der Waals surface area contributed by atoms with Gasteiger partial charge in [0.2, 0.25) is 5.96 Å². The zero-order valence-electron chi connectivity index (χ0n) is 5.29. The van der Waals surface area contributed by atoms with Gasteiger partial charge in [-0.3, -0.25) is 10.0 Å². The molecule has 0 aromatic rings. The number of aliphatic imine (C=N–C) groups is 1. The molecule has 5 heteroatoms. The summed E-state index contributed by atoms with van der Waals surface area (Å²) in [5, 5.41) is 4.49. The zero-order valence-corrected chi connectivity index (χ0v) is 7.62. The minimum atomic E-state index is 0. The Morgan fingerprint density at radius 3 is 2.67 bits per heavy atom. The first-order valence-corrected chi connectivity index (χ1v) is 2.57. The summed E-state index contributed by atoms with van der Waals surface area (Å²) < 4.78 is 0. The van der Waals surface area contributed by atoms with Crippen LogP contribution in [0.4, 0.5) is 0 Å². The van der Waals surface area contributed by atoms with Crippen LogP contribution in [0.3, 0.4) is 0 Å². The van der Waals surface area contributed by atoms with E-state index in [1.807, 2.05) is 0 Å². The van der Waals surface area contributed by atoms with Crippen molar-refractivity contribution in [3.8, 4) is 0 Å². The highest BCUT2D eigenvalue weighted by molar-refractivity contribution is 14.0. The number of nitrogens with two attached hydrogens (primary N) is 1. The Hall–Kier alpha value is -0.0400. The fourth-order valence-electron chi connectivity index (χ4n) is 0.622. The van der Waals surface area contributed by atoms with Crippen molar-refractivity contribution in [1.82, 2.24) is 10.3 Å². The summed E-state index contributed by atoms with van der Waals surface area (Å²) in [6, 6.07) is 0. The summed E-state index contributed by atoms with van der Waals surface area (Å²) in [4.78, 5) is 4.04. The molecule has 0 aromatic heterocycles.